The molecule has 0 bridgehead atoms. The van der Waals surface area contributed by atoms with Gasteiger partial charge in [0.2, 0.25) is 0 Å². The summed E-state index contributed by atoms with van der Waals surface area (Å²) in [7, 11) is 0. The van der Waals surface area contributed by atoms with Crippen molar-refractivity contribution < 1.29 is 9.90 Å². The van der Waals surface area contributed by atoms with E-state index in [1.54, 1.807) is 24.3 Å². The quantitative estimate of drug-likeness (QED) is 0.891. The first-order valence-corrected chi connectivity index (χ1v) is 6.17. The zero-order chi connectivity index (χ0) is 14.5. The number of benzene rings is 2. The summed E-state index contributed by atoms with van der Waals surface area (Å²) in [4.78, 5) is 10.8. The molecule has 0 aliphatic carbocycles. The van der Waals surface area contributed by atoms with E-state index in [9.17, 15) is 4.79 Å². The Bertz CT molecular complexity index is 670. The van der Waals surface area contributed by atoms with Crippen LogP contribution in [0, 0.1) is 18.3 Å². The fourth-order valence-electron chi connectivity index (χ4n) is 1.93. The third-order valence-electron chi connectivity index (χ3n) is 3.07. The molecular formula is C16H14N2O2. The molecule has 0 heterocycles. The number of carboxylic acids is 1. The number of nitriles is 1. The minimum absolute atomic E-state index is 0.266. The molecule has 0 fully saturated rings. The van der Waals surface area contributed by atoms with E-state index in [4.69, 9.17) is 10.4 Å². The minimum Gasteiger partial charge on any atom is -0.478 e. The molecule has 0 radical (unpaired) electrons. The van der Waals surface area contributed by atoms with Crippen LogP contribution in [0.1, 0.15) is 27.0 Å². The summed E-state index contributed by atoms with van der Waals surface area (Å²) in [5.74, 6) is -0.935. The fraction of sp³-hybridized carbons (Fsp3) is 0.125. The van der Waals surface area contributed by atoms with Crippen LogP contribution in [0.25, 0.3) is 0 Å². The summed E-state index contributed by atoms with van der Waals surface area (Å²) < 4.78 is 0. The van der Waals surface area contributed by atoms with Crippen molar-refractivity contribution in [2.45, 2.75) is 13.5 Å². The highest BCUT2D eigenvalue weighted by Crippen LogP contribution is 2.19. The SMILES string of the molecule is Cc1cccc(NCc2ccc(C(=O)O)cc2)c1C#N. The lowest BCUT2D eigenvalue weighted by atomic mass is 10.1. The average molecular weight is 266 g/mol. The Hall–Kier alpha value is -2.80. The number of hydrogen-bond donors (Lipinski definition) is 2. The summed E-state index contributed by atoms with van der Waals surface area (Å²) in [6, 6.07) is 14.5. The molecule has 4 nitrogen and oxygen atoms in total. The van der Waals surface area contributed by atoms with Gasteiger partial charge in [0.05, 0.1) is 16.8 Å². The summed E-state index contributed by atoms with van der Waals surface area (Å²) in [5.41, 5.74) is 3.57. The largest absolute Gasteiger partial charge is 0.478 e. The van der Waals surface area contributed by atoms with E-state index in [-0.39, 0.29) is 5.56 Å². The van der Waals surface area contributed by atoms with Crippen LogP contribution < -0.4 is 5.32 Å². The van der Waals surface area contributed by atoms with Crippen molar-refractivity contribution >= 4 is 11.7 Å². The molecule has 0 atom stereocenters. The zero-order valence-electron chi connectivity index (χ0n) is 11.1. The first kappa shape index (κ1) is 13.6. The summed E-state index contributed by atoms with van der Waals surface area (Å²) in [6.07, 6.45) is 0. The van der Waals surface area contributed by atoms with E-state index < -0.39 is 5.97 Å². The lowest BCUT2D eigenvalue weighted by molar-refractivity contribution is 0.0697. The van der Waals surface area contributed by atoms with Crippen molar-refractivity contribution in [3.8, 4) is 6.07 Å². The van der Waals surface area contributed by atoms with E-state index in [0.29, 0.717) is 12.1 Å². The third kappa shape index (κ3) is 2.96. The second-order valence-corrected chi connectivity index (χ2v) is 4.46. The Balaban J connectivity index is 2.11. The molecule has 0 spiro atoms. The molecule has 2 aromatic carbocycles. The number of hydrogen-bond acceptors (Lipinski definition) is 3. The molecule has 2 rings (SSSR count). The van der Waals surface area contributed by atoms with E-state index in [1.807, 2.05) is 25.1 Å². The predicted octanol–water partition coefficient (Wildman–Crippen LogP) is 3.18. The molecule has 0 saturated heterocycles. The standard InChI is InChI=1S/C16H14N2O2/c1-11-3-2-4-15(14(11)9-17)18-10-12-5-7-13(8-6-12)16(19)20/h2-8,18H,10H2,1H3,(H,19,20). The molecule has 2 N–H and O–H groups in total. The number of carboxylic acid groups (broad SMARTS) is 1. The maximum Gasteiger partial charge on any atom is 0.335 e. The fourth-order valence-corrected chi connectivity index (χ4v) is 1.93. The molecule has 0 amide bonds. The van der Waals surface area contributed by atoms with Crippen molar-refractivity contribution in [1.29, 1.82) is 5.26 Å². The number of rotatable bonds is 4. The van der Waals surface area contributed by atoms with Crippen LogP contribution in [0.5, 0.6) is 0 Å². The van der Waals surface area contributed by atoms with Crippen molar-refractivity contribution in [1.82, 2.24) is 0 Å². The van der Waals surface area contributed by atoms with Crippen LogP contribution >= 0.6 is 0 Å². The van der Waals surface area contributed by atoms with Gasteiger partial charge < -0.3 is 10.4 Å². The molecule has 0 unspecified atom stereocenters. The zero-order valence-corrected chi connectivity index (χ0v) is 11.1. The van der Waals surface area contributed by atoms with Crippen LogP contribution in [-0.4, -0.2) is 11.1 Å². The van der Waals surface area contributed by atoms with Crippen LogP contribution in [0.3, 0.4) is 0 Å². The maximum absolute atomic E-state index is 10.8. The van der Waals surface area contributed by atoms with Gasteiger partial charge in [-0.3, -0.25) is 0 Å². The molecule has 0 saturated carbocycles. The average Bonchev–Trinajstić information content (AvgIpc) is 2.45. The summed E-state index contributed by atoms with van der Waals surface area (Å²) >= 11 is 0. The molecule has 2 aromatic rings. The highest BCUT2D eigenvalue weighted by Gasteiger charge is 2.05. The van der Waals surface area contributed by atoms with Gasteiger partial charge in [-0.15, -0.1) is 0 Å². The van der Waals surface area contributed by atoms with E-state index in [2.05, 4.69) is 11.4 Å². The van der Waals surface area contributed by atoms with Gasteiger partial charge in [0.15, 0.2) is 0 Å². The van der Waals surface area contributed by atoms with Gasteiger partial charge in [-0.05, 0) is 36.2 Å². The lowest BCUT2D eigenvalue weighted by Crippen LogP contribution is -2.03. The van der Waals surface area contributed by atoms with Gasteiger partial charge >= 0.3 is 5.97 Å². The van der Waals surface area contributed by atoms with Crippen LogP contribution in [0.15, 0.2) is 42.5 Å². The van der Waals surface area contributed by atoms with E-state index in [1.165, 1.54) is 0 Å². The number of carbonyl (C=O) groups is 1. The first-order chi connectivity index (χ1) is 9.61. The van der Waals surface area contributed by atoms with Gasteiger partial charge in [-0.1, -0.05) is 24.3 Å². The molecule has 0 aliphatic heterocycles. The Morgan fingerprint density at radius 2 is 1.95 bits per heavy atom. The lowest BCUT2D eigenvalue weighted by Gasteiger charge is -2.10. The highest BCUT2D eigenvalue weighted by molar-refractivity contribution is 5.87. The van der Waals surface area contributed by atoms with Gasteiger partial charge in [0.1, 0.15) is 6.07 Å². The molecule has 100 valence electrons. The Kier molecular flexibility index (Phi) is 4.02. The van der Waals surface area contributed by atoms with Crippen molar-refractivity contribution in [3.05, 3.63) is 64.7 Å². The van der Waals surface area contributed by atoms with Crippen molar-refractivity contribution in [2.24, 2.45) is 0 Å². The smallest absolute Gasteiger partial charge is 0.335 e. The molecule has 0 aromatic heterocycles. The second kappa shape index (κ2) is 5.89. The number of aryl methyl sites for hydroxylation is 1. The normalized spacial score (nSPS) is 9.80. The van der Waals surface area contributed by atoms with Crippen LogP contribution in [0.4, 0.5) is 5.69 Å². The second-order valence-electron chi connectivity index (χ2n) is 4.46. The number of nitrogens with zero attached hydrogens (tertiary/aromatic N) is 1. The topological polar surface area (TPSA) is 73.1 Å². The first-order valence-electron chi connectivity index (χ1n) is 6.17. The summed E-state index contributed by atoms with van der Waals surface area (Å²) in [5, 5.41) is 21.2. The molecule has 4 heteroatoms. The van der Waals surface area contributed by atoms with Gasteiger partial charge in [0, 0.05) is 6.54 Å². The Labute approximate surface area is 117 Å². The number of nitrogens with one attached hydrogen (secondary N) is 1. The Morgan fingerprint density at radius 1 is 1.25 bits per heavy atom. The van der Waals surface area contributed by atoms with Crippen LogP contribution in [-0.2, 0) is 6.54 Å². The van der Waals surface area contributed by atoms with Gasteiger partial charge in [-0.2, -0.15) is 5.26 Å². The van der Waals surface area contributed by atoms with Gasteiger partial charge in [-0.25, -0.2) is 4.79 Å². The third-order valence-corrected chi connectivity index (χ3v) is 3.07. The minimum atomic E-state index is -0.935. The number of anilines is 1. The predicted molar refractivity (Wildman–Crippen MR) is 76.6 cm³/mol. The highest BCUT2D eigenvalue weighted by atomic mass is 16.4. The van der Waals surface area contributed by atoms with Gasteiger partial charge in [0.25, 0.3) is 0 Å². The van der Waals surface area contributed by atoms with E-state index in [0.717, 1.165) is 16.8 Å². The van der Waals surface area contributed by atoms with Crippen molar-refractivity contribution in [2.75, 3.05) is 5.32 Å². The molecule has 20 heavy (non-hydrogen) atoms. The summed E-state index contributed by atoms with van der Waals surface area (Å²) in [6.45, 7) is 2.43. The molecular weight excluding hydrogens is 252 g/mol. The molecule has 0 aliphatic rings. The van der Waals surface area contributed by atoms with Crippen molar-refractivity contribution in [3.63, 3.8) is 0 Å². The van der Waals surface area contributed by atoms with Crippen LogP contribution in [0.2, 0.25) is 0 Å². The maximum atomic E-state index is 10.8. The Morgan fingerprint density at radius 3 is 2.55 bits per heavy atom. The van der Waals surface area contributed by atoms with E-state index >= 15 is 0 Å². The number of aromatic carboxylic acids is 1. The monoisotopic (exact) mass is 266 g/mol.